The summed E-state index contributed by atoms with van der Waals surface area (Å²) in [6, 6.07) is 0. The van der Waals surface area contributed by atoms with Crippen LogP contribution in [0.2, 0.25) is 0 Å². The van der Waals surface area contributed by atoms with Crippen molar-refractivity contribution in [3.8, 4) is 0 Å². The Hall–Kier alpha value is -0.960. The fourth-order valence-corrected chi connectivity index (χ4v) is 4.30. The molecule has 19 heavy (non-hydrogen) atoms. The number of H-pyrrole nitrogens is 1. The van der Waals surface area contributed by atoms with Gasteiger partial charge < -0.3 is 4.84 Å². The number of nitrogens with zero attached hydrogens (tertiary/aromatic N) is 2. The van der Waals surface area contributed by atoms with Crippen molar-refractivity contribution in [2.75, 3.05) is 19.7 Å². The molecule has 1 aliphatic heterocycles. The molecule has 2 rings (SSSR count). The van der Waals surface area contributed by atoms with Crippen molar-refractivity contribution in [2.24, 2.45) is 11.8 Å². The highest BCUT2D eigenvalue weighted by Gasteiger charge is 2.32. The van der Waals surface area contributed by atoms with Crippen LogP contribution in [0.5, 0.6) is 0 Å². The molecule has 108 valence electrons. The van der Waals surface area contributed by atoms with Gasteiger partial charge in [0.2, 0.25) is 10.0 Å². The number of piperidine rings is 1. The van der Waals surface area contributed by atoms with Crippen molar-refractivity contribution in [1.82, 2.24) is 14.5 Å². The molecular formula is C11H20N4O3S. The Bertz CT molecular complexity index is 513. The average Bonchev–Trinajstić information content (AvgIpc) is 2.70. The van der Waals surface area contributed by atoms with Crippen LogP contribution in [0, 0.1) is 19.8 Å². The molecule has 7 nitrogen and oxygen atoms in total. The molecule has 0 unspecified atom stereocenters. The monoisotopic (exact) mass is 288 g/mol. The van der Waals surface area contributed by atoms with Crippen LogP contribution in [0.15, 0.2) is 4.90 Å². The molecule has 3 N–H and O–H groups in total. The van der Waals surface area contributed by atoms with Crippen LogP contribution in [0.3, 0.4) is 0 Å². The molecule has 0 atom stereocenters. The van der Waals surface area contributed by atoms with Crippen molar-refractivity contribution >= 4 is 10.0 Å². The van der Waals surface area contributed by atoms with Gasteiger partial charge in [0.15, 0.2) is 0 Å². The van der Waals surface area contributed by atoms with Crippen molar-refractivity contribution in [3.63, 3.8) is 0 Å². The van der Waals surface area contributed by atoms with E-state index in [4.69, 9.17) is 5.90 Å². The van der Waals surface area contributed by atoms with Crippen molar-refractivity contribution in [1.29, 1.82) is 0 Å². The zero-order valence-corrected chi connectivity index (χ0v) is 12.0. The van der Waals surface area contributed by atoms with Crippen LogP contribution < -0.4 is 5.90 Å². The van der Waals surface area contributed by atoms with Crippen LogP contribution in [-0.4, -0.2) is 42.6 Å². The Morgan fingerprint density at radius 1 is 1.42 bits per heavy atom. The average molecular weight is 288 g/mol. The number of nitrogens with two attached hydrogens (primary N) is 1. The van der Waals surface area contributed by atoms with Crippen LogP contribution in [-0.2, 0) is 14.9 Å². The number of aryl methyl sites for hydroxylation is 2. The predicted molar refractivity (Wildman–Crippen MR) is 69.7 cm³/mol. The third-order valence-electron chi connectivity index (χ3n) is 3.56. The third-order valence-corrected chi connectivity index (χ3v) is 5.73. The molecule has 0 aromatic carbocycles. The maximum absolute atomic E-state index is 12.6. The number of sulfonamides is 1. The summed E-state index contributed by atoms with van der Waals surface area (Å²) in [4.78, 5) is 4.94. The molecule has 1 aromatic rings. The quantitative estimate of drug-likeness (QED) is 0.777. The molecule has 1 fully saturated rings. The van der Waals surface area contributed by atoms with E-state index in [0.29, 0.717) is 41.9 Å². The minimum Gasteiger partial charge on any atom is -0.304 e. The minimum absolute atomic E-state index is 0.307. The van der Waals surface area contributed by atoms with E-state index in [2.05, 4.69) is 15.0 Å². The smallest absolute Gasteiger partial charge is 0.246 e. The Morgan fingerprint density at radius 2 is 2.05 bits per heavy atom. The maximum Gasteiger partial charge on any atom is 0.246 e. The first-order valence-electron chi connectivity index (χ1n) is 6.30. The summed E-state index contributed by atoms with van der Waals surface area (Å²) in [5, 5.41) is 6.67. The summed E-state index contributed by atoms with van der Waals surface area (Å²) in [6.45, 7) is 4.91. The second-order valence-electron chi connectivity index (χ2n) is 4.94. The Morgan fingerprint density at radius 3 is 2.53 bits per heavy atom. The van der Waals surface area contributed by atoms with E-state index in [9.17, 15) is 8.42 Å². The first-order chi connectivity index (χ1) is 8.96. The zero-order valence-electron chi connectivity index (χ0n) is 11.2. The standard InChI is InChI=1S/C11H20N4O3S/c1-8-11(9(2)14-13-8)19(16,17)15-5-3-10(4-6-15)7-18-12/h10H,3-7,12H2,1-2H3,(H,13,14). The Balaban J connectivity index is 2.15. The van der Waals surface area contributed by atoms with Gasteiger partial charge in [-0.15, -0.1) is 0 Å². The molecule has 0 saturated carbocycles. The second kappa shape index (κ2) is 5.58. The van der Waals surface area contributed by atoms with Gasteiger partial charge in [-0.25, -0.2) is 14.3 Å². The molecule has 0 spiro atoms. The number of rotatable bonds is 4. The van der Waals surface area contributed by atoms with Gasteiger partial charge >= 0.3 is 0 Å². The molecule has 1 aliphatic rings. The molecule has 8 heteroatoms. The van der Waals surface area contributed by atoms with Gasteiger partial charge in [0.25, 0.3) is 0 Å². The van der Waals surface area contributed by atoms with Gasteiger partial charge in [0.05, 0.1) is 18.0 Å². The highest BCUT2D eigenvalue weighted by molar-refractivity contribution is 7.89. The van der Waals surface area contributed by atoms with Gasteiger partial charge in [0.1, 0.15) is 4.90 Å². The highest BCUT2D eigenvalue weighted by atomic mass is 32.2. The van der Waals surface area contributed by atoms with Crippen LogP contribution in [0.4, 0.5) is 0 Å². The van der Waals surface area contributed by atoms with Crippen molar-refractivity contribution < 1.29 is 13.3 Å². The summed E-state index contributed by atoms with van der Waals surface area (Å²) in [7, 11) is -3.45. The molecule has 2 heterocycles. The molecule has 0 amide bonds. The molecule has 1 saturated heterocycles. The van der Waals surface area contributed by atoms with E-state index in [1.165, 1.54) is 4.31 Å². The topological polar surface area (TPSA) is 101 Å². The lowest BCUT2D eigenvalue weighted by atomic mass is 9.99. The third kappa shape index (κ3) is 2.81. The first kappa shape index (κ1) is 14.4. The van der Waals surface area contributed by atoms with E-state index in [1.54, 1.807) is 13.8 Å². The van der Waals surface area contributed by atoms with E-state index in [1.807, 2.05) is 0 Å². The summed E-state index contributed by atoms with van der Waals surface area (Å²) in [5.41, 5.74) is 1.11. The van der Waals surface area contributed by atoms with Crippen LogP contribution in [0.1, 0.15) is 24.2 Å². The molecule has 0 aliphatic carbocycles. The number of hydrogen-bond acceptors (Lipinski definition) is 5. The highest BCUT2D eigenvalue weighted by Crippen LogP contribution is 2.26. The number of nitrogens with one attached hydrogen (secondary N) is 1. The van der Waals surface area contributed by atoms with Crippen LogP contribution in [0.25, 0.3) is 0 Å². The first-order valence-corrected chi connectivity index (χ1v) is 7.74. The lowest BCUT2D eigenvalue weighted by Gasteiger charge is -2.30. The van der Waals surface area contributed by atoms with Crippen molar-refractivity contribution in [2.45, 2.75) is 31.6 Å². The lowest BCUT2D eigenvalue weighted by Crippen LogP contribution is -2.39. The van der Waals surface area contributed by atoms with Gasteiger partial charge in [0, 0.05) is 13.1 Å². The van der Waals surface area contributed by atoms with Gasteiger partial charge in [-0.05, 0) is 32.6 Å². The van der Waals surface area contributed by atoms with Crippen molar-refractivity contribution in [3.05, 3.63) is 11.4 Å². The lowest BCUT2D eigenvalue weighted by molar-refractivity contribution is 0.0805. The summed E-state index contributed by atoms with van der Waals surface area (Å²) in [5.74, 6) is 5.39. The van der Waals surface area contributed by atoms with E-state index in [0.717, 1.165) is 12.8 Å². The molecular weight excluding hydrogens is 268 g/mol. The fourth-order valence-electron chi connectivity index (χ4n) is 2.50. The van der Waals surface area contributed by atoms with Gasteiger partial charge in [-0.2, -0.15) is 9.40 Å². The number of aromatic nitrogens is 2. The summed E-state index contributed by atoms with van der Waals surface area (Å²) >= 11 is 0. The fraction of sp³-hybridized carbons (Fsp3) is 0.727. The molecule has 1 aromatic heterocycles. The maximum atomic E-state index is 12.6. The number of aromatic amines is 1. The predicted octanol–water partition coefficient (Wildman–Crippen LogP) is 0.318. The summed E-state index contributed by atoms with van der Waals surface area (Å²) < 4.78 is 26.6. The van der Waals surface area contributed by atoms with Crippen LogP contribution >= 0.6 is 0 Å². The van der Waals surface area contributed by atoms with Gasteiger partial charge in [-0.3, -0.25) is 5.10 Å². The largest absolute Gasteiger partial charge is 0.304 e. The van der Waals surface area contributed by atoms with Gasteiger partial charge in [-0.1, -0.05) is 0 Å². The van der Waals surface area contributed by atoms with E-state index < -0.39 is 10.0 Å². The van der Waals surface area contributed by atoms with E-state index in [-0.39, 0.29) is 0 Å². The Labute approximate surface area is 113 Å². The van der Waals surface area contributed by atoms with E-state index >= 15 is 0 Å². The molecule has 0 radical (unpaired) electrons. The summed E-state index contributed by atoms with van der Waals surface area (Å²) in [6.07, 6.45) is 1.54. The Kier molecular flexibility index (Phi) is 4.24. The second-order valence-corrected chi connectivity index (χ2v) is 6.82. The zero-order chi connectivity index (χ0) is 14.0. The SMILES string of the molecule is Cc1n[nH]c(C)c1S(=O)(=O)N1CCC(CON)CC1. The minimum atomic E-state index is -3.45. The molecule has 0 bridgehead atoms. The number of hydrogen-bond donors (Lipinski definition) is 2. The normalized spacial score (nSPS) is 18.9.